The molecule has 0 radical (unpaired) electrons. The van der Waals surface area contributed by atoms with E-state index in [0.717, 1.165) is 22.6 Å². The third-order valence-electron chi connectivity index (χ3n) is 6.32. The number of aliphatic hydroxyl groups is 2. The van der Waals surface area contributed by atoms with Crippen molar-refractivity contribution in [3.05, 3.63) is 108 Å². The normalized spacial score (nSPS) is 11.4. The van der Waals surface area contributed by atoms with Crippen LogP contribution in [0.5, 0.6) is 5.75 Å². The second-order valence-electron chi connectivity index (χ2n) is 8.78. The minimum absolute atomic E-state index is 0.0123. The van der Waals surface area contributed by atoms with Crippen molar-refractivity contribution in [1.29, 1.82) is 0 Å². The summed E-state index contributed by atoms with van der Waals surface area (Å²) in [6, 6.07) is 27.6. The Hall–Kier alpha value is -4.02. The van der Waals surface area contributed by atoms with E-state index in [1.165, 1.54) is 0 Å². The summed E-state index contributed by atoms with van der Waals surface area (Å²) in [6.07, 6.45) is 0.820. The van der Waals surface area contributed by atoms with Crippen LogP contribution in [0.1, 0.15) is 17.2 Å². The average Bonchev–Trinajstić information content (AvgIpc) is 3.41. The molecular formula is C29H28ClN5O4. The number of hydrogen-bond acceptors (Lipinski definition) is 8. The van der Waals surface area contributed by atoms with Crippen LogP contribution in [0.4, 0.5) is 11.6 Å². The van der Waals surface area contributed by atoms with Gasteiger partial charge in [0.2, 0.25) is 5.95 Å². The predicted molar refractivity (Wildman–Crippen MR) is 149 cm³/mol. The molecule has 5 rings (SSSR count). The quantitative estimate of drug-likeness (QED) is 0.229. The van der Waals surface area contributed by atoms with E-state index in [4.69, 9.17) is 26.1 Å². The van der Waals surface area contributed by atoms with Crippen molar-refractivity contribution >= 4 is 34.4 Å². The first-order valence-corrected chi connectivity index (χ1v) is 12.8. The highest BCUT2D eigenvalue weighted by molar-refractivity contribution is 6.33. The molecule has 0 aliphatic rings. The Morgan fingerprint density at radius 1 is 0.872 bits per heavy atom. The van der Waals surface area contributed by atoms with Crippen molar-refractivity contribution in [2.75, 3.05) is 25.2 Å². The van der Waals surface area contributed by atoms with Crippen LogP contribution in [-0.2, 0) is 11.5 Å². The zero-order valence-corrected chi connectivity index (χ0v) is 22.0. The number of benzene rings is 3. The fourth-order valence-corrected chi connectivity index (χ4v) is 4.54. The zero-order chi connectivity index (χ0) is 27.2. The Morgan fingerprint density at radius 2 is 1.49 bits per heavy atom. The Bertz CT molecular complexity index is 1460. The van der Waals surface area contributed by atoms with Gasteiger partial charge in [0.1, 0.15) is 24.1 Å². The lowest BCUT2D eigenvalue weighted by molar-refractivity contribution is -0.0488. The minimum Gasteiger partial charge on any atom is -0.497 e. The van der Waals surface area contributed by atoms with E-state index in [1.54, 1.807) is 18.0 Å². The number of imidazole rings is 1. The van der Waals surface area contributed by atoms with E-state index in [-0.39, 0.29) is 31.1 Å². The van der Waals surface area contributed by atoms with Gasteiger partial charge in [-0.3, -0.25) is 9.47 Å². The van der Waals surface area contributed by atoms with Gasteiger partial charge < -0.3 is 19.7 Å². The van der Waals surface area contributed by atoms with E-state index < -0.39 is 6.10 Å². The molecule has 0 unspecified atom stereocenters. The van der Waals surface area contributed by atoms with Gasteiger partial charge in [-0.05, 0) is 35.4 Å². The van der Waals surface area contributed by atoms with E-state index in [2.05, 4.69) is 34.2 Å². The number of anilines is 2. The van der Waals surface area contributed by atoms with Crippen LogP contribution in [0, 0.1) is 0 Å². The maximum absolute atomic E-state index is 9.40. The molecule has 9 nitrogen and oxygen atoms in total. The van der Waals surface area contributed by atoms with Gasteiger partial charge in [-0.25, -0.2) is 4.98 Å². The van der Waals surface area contributed by atoms with Crippen LogP contribution in [-0.4, -0.2) is 56.2 Å². The molecule has 10 heteroatoms. The molecule has 0 saturated heterocycles. The Balaban J connectivity index is 1.69. The molecule has 0 amide bonds. The molecule has 5 aromatic rings. The lowest BCUT2D eigenvalue weighted by Gasteiger charge is -2.33. The van der Waals surface area contributed by atoms with Crippen LogP contribution < -0.4 is 9.64 Å². The topological polar surface area (TPSA) is 106 Å². The molecule has 3 aromatic carbocycles. The summed E-state index contributed by atoms with van der Waals surface area (Å²) >= 11 is 6.67. The average molecular weight is 546 g/mol. The number of rotatable bonds is 11. The van der Waals surface area contributed by atoms with Crippen molar-refractivity contribution in [1.82, 2.24) is 19.5 Å². The maximum atomic E-state index is 9.40. The lowest BCUT2D eigenvalue weighted by Crippen LogP contribution is -2.27. The van der Waals surface area contributed by atoms with Crippen molar-refractivity contribution in [2.45, 2.75) is 18.9 Å². The van der Waals surface area contributed by atoms with Crippen LogP contribution in [0.2, 0.25) is 5.15 Å². The first-order valence-electron chi connectivity index (χ1n) is 12.4. The second-order valence-corrected chi connectivity index (χ2v) is 9.13. The van der Waals surface area contributed by atoms with Crippen molar-refractivity contribution in [2.24, 2.45) is 0 Å². The second kappa shape index (κ2) is 12.2. The smallest absolute Gasteiger partial charge is 0.234 e. The first kappa shape index (κ1) is 26.6. The van der Waals surface area contributed by atoms with Gasteiger partial charge in [-0.15, -0.1) is 0 Å². The third-order valence-corrected chi connectivity index (χ3v) is 6.58. The van der Waals surface area contributed by atoms with Crippen LogP contribution >= 0.6 is 11.6 Å². The van der Waals surface area contributed by atoms with E-state index >= 15 is 0 Å². The van der Waals surface area contributed by atoms with Crippen molar-refractivity contribution in [3.63, 3.8) is 0 Å². The number of nitrogens with zero attached hydrogens (tertiary/aromatic N) is 5. The molecular weight excluding hydrogens is 518 g/mol. The summed E-state index contributed by atoms with van der Waals surface area (Å²) in [7, 11) is 1.63. The number of aromatic nitrogens is 4. The largest absolute Gasteiger partial charge is 0.497 e. The molecule has 0 atom stereocenters. The molecule has 39 heavy (non-hydrogen) atoms. The number of fused-ring (bicyclic) bond motifs is 1. The summed E-state index contributed by atoms with van der Waals surface area (Å²) < 4.78 is 12.7. The molecule has 0 spiro atoms. The zero-order valence-electron chi connectivity index (χ0n) is 21.3. The highest BCUT2D eigenvalue weighted by Crippen LogP contribution is 2.39. The molecule has 0 aliphatic heterocycles. The molecule has 0 bridgehead atoms. The van der Waals surface area contributed by atoms with Gasteiger partial charge in [-0.1, -0.05) is 72.3 Å². The molecule has 2 N–H and O–H groups in total. The lowest BCUT2D eigenvalue weighted by atomic mass is 9.96. The molecule has 0 fully saturated rings. The number of methoxy groups -OCH3 is 1. The fraction of sp³-hybridized carbons (Fsp3) is 0.207. The standard InChI is InChI=1S/C29H28ClN5O4/c1-38-23-14-12-22(13-15-23)35(26(20-8-4-2-5-9-20)21-10-6-3-7-11-21)29-32-27(30)25-28(33-29)34(18-31-25)19-39-24(16-36)17-37/h2-15,18,24,26,36-37H,16-17,19H2,1H3. The molecule has 0 saturated carbocycles. The number of aliphatic hydroxyl groups excluding tert-OH is 2. The summed E-state index contributed by atoms with van der Waals surface area (Å²) in [6.45, 7) is -0.616. The van der Waals surface area contributed by atoms with E-state index in [1.807, 2.05) is 65.6 Å². The van der Waals surface area contributed by atoms with Gasteiger partial charge in [0.15, 0.2) is 10.8 Å². The Labute approximate surface area is 230 Å². The van der Waals surface area contributed by atoms with Gasteiger partial charge in [-0.2, -0.15) is 9.97 Å². The Morgan fingerprint density at radius 3 is 2.05 bits per heavy atom. The first-order chi connectivity index (χ1) is 19.1. The summed E-state index contributed by atoms with van der Waals surface area (Å²) in [5.74, 6) is 1.08. The molecule has 0 aliphatic carbocycles. The predicted octanol–water partition coefficient (Wildman–Crippen LogP) is 4.74. The number of ether oxygens (including phenoxy) is 2. The summed E-state index contributed by atoms with van der Waals surface area (Å²) in [4.78, 5) is 16.0. The van der Waals surface area contributed by atoms with E-state index in [0.29, 0.717) is 17.1 Å². The monoisotopic (exact) mass is 545 g/mol. The van der Waals surface area contributed by atoms with Crippen molar-refractivity contribution in [3.8, 4) is 5.75 Å². The van der Waals surface area contributed by atoms with Gasteiger partial charge in [0.05, 0.1) is 32.7 Å². The maximum Gasteiger partial charge on any atom is 0.234 e. The number of hydrogen-bond donors (Lipinski definition) is 2. The van der Waals surface area contributed by atoms with Gasteiger partial charge in [0.25, 0.3) is 0 Å². The molecule has 2 heterocycles. The summed E-state index contributed by atoms with van der Waals surface area (Å²) in [5.41, 5.74) is 3.76. The molecule has 200 valence electrons. The third kappa shape index (κ3) is 5.71. The van der Waals surface area contributed by atoms with E-state index in [9.17, 15) is 10.2 Å². The highest BCUT2D eigenvalue weighted by atomic mass is 35.5. The van der Waals surface area contributed by atoms with Crippen LogP contribution in [0.25, 0.3) is 11.2 Å². The van der Waals surface area contributed by atoms with Gasteiger partial charge >= 0.3 is 0 Å². The molecule has 2 aromatic heterocycles. The number of halogens is 1. The van der Waals surface area contributed by atoms with Crippen molar-refractivity contribution < 1.29 is 19.7 Å². The van der Waals surface area contributed by atoms with Crippen LogP contribution in [0.3, 0.4) is 0 Å². The summed E-state index contributed by atoms with van der Waals surface area (Å²) in [5, 5.41) is 19.0. The highest BCUT2D eigenvalue weighted by Gasteiger charge is 2.28. The SMILES string of the molecule is COc1ccc(N(c2nc(Cl)c3ncn(COC(CO)CO)c3n2)C(c2ccccc2)c2ccccc2)cc1. The fourth-order valence-electron chi connectivity index (χ4n) is 4.33. The Kier molecular flexibility index (Phi) is 8.33. The van der Waals surface area contributed by atoms with Crippen LogP contribution in [0.15, 0.2) is 91.3 Å². The minimum atomic E-state index is -0.726. The van der Waals surface area contributed by atoms with Gasteiger partial charge in [0, 0.05) is 5.69 Å².